The Morgan fingerprint density at radius 2 is 1.90 bits per heavy atom. The predicted octanol–water partition coefficient (Wildman–Crippen LogP) is 4.55. The molecule has 0 aliphatic heterocycles. The summed E-state index contributed by atoms with van der Waals surface area (Å²) < 4.78 is 6.21. The molecule has 1 aliphatic carbocycles. The van der Waals surface area contributed by atoms with E-state index in [-0.39, 0.29) is 12.1 Å². The molecule has 0 radical (unpaired) electrons. The first-order valence-electron chi connectivity index (χ1n) is 7.88. The summed E-state index contributed by atoms with van der Waals surface area (Å²) in [6, 6.07) is 17.0. The van der Waals surface area contributed by atoms with Crippen LogP contribution in [0.1, 0.15) is 55.0 Å². The zero-order chi connectivity index (χ0) is 14.7. The van der Waals surface area contributed by atoms with Crippen molar-refractivity contribution in [2.24, 2.45) is 5.73 Å². The Bertz CT molecular complexity index is 591. The summed E-state index contributed by atoms with van der Waals surface area (Å²) in [5.74, 6) is 0.934. The Hall–Kier alpha value is -1.80. The summed E-state index contributed by atoms with van der Waals surface area (Å²) in [5.41, 5.74) is 10.0. The van der Waals surface area contributed by atoms with Gasteiger partial charge in [-0.1, -0.05) is 43.3 Å². The number of nitrogens with two attached hydrogens (primary N) is 1. The normalized spacial score (nSPS) is 18.9. The smallest absolute Gasteiger partial charge is 0.124 e. The molecule has 2 aromatic rings. The number of hydrogen-bond donors (Lipinski definition) is 1. The van der Waals surface area contributed by atoms with Crippen LogP contribution in [0.2, 0.25) is 0 Å². The fourth-order valence-electron chi connectivity index (χ4n) is 3.03. The Morgan fingerprint density at radius 1 is 1.14 bits per heavy atom. The van der Waals surface area contributed by atoms with Gasteiger partial charge in [0, 0.05) is 6.04 Å². The maximum Gasteiger partial charge on any atom is 0.124 e. The van der Waals surface area contributed by atoms with Gasteiger partial charge in [-0.05, 0) is 54.5 Å². The van der Waals surface area contributed by atoms with Crippen LogP contribution < -0.4 is 10.5 Å². The SMILES string of the molecule is CCC(N)c1ccc(OC2CCCc3ccccc32)cc1. The molecule has 3 rings (SSSR count). The third-order valence-corrected chi connectivity index (χ3v) is 4.34. The third-order valence-electron chi connectivity index (χ3n) is 4.34. The average molecular weight is 281 g/mol. The van der Waals surface area contributed by atoms with E-state index in [4.69, 9.17) is 10.5 Å². The summed E-state index contributed by atoms with van der Waals surface area (Å²) in [5, 5.41) is 0. The highest BCUT2D eigenvalue weighted by Gasteiger charge is 2.21. The summed E-state index contributed by atoms with van der Waals surface area (Å²) in [4.78, 5) is 0. The van der Waals surface area contributed by atoms with Crippen LogP contribution in [0.5, 0.6) is 5.75 Å². The summed E-state index contributed by atoms with van der Waals surface area (Å²) in [6.45, 7) is 2.11. The molecule has 0 saturated heterocycles. The van der Waals surface area contributed by atoms with Gasteiger partial charge in [-0.2, -0.15) is 0 Å². The molecule has 0 bridgehead atoms. The molecular formula is C19H23NO. The Labute approximate surface area is 126 Å². The summed E-state index contributed by atoms with van der Waals surface area (Å²) in [7, 11) is 0. The van der Waals surface area contributed by atoms with Crippen LogP contribution in [0.3, 0.4) is 0 Å². The van der Waals surface area contributed by atoms with Crippen molar-refractivity contribution in [2.45, 2.75) is 44.8 Å². The van der Waals surface area contributed by atoms with Gasteiger partial charge >= 0.3 is 0 Å². The molecule has 2 nitrogen and oxygen atoms in total. The quantitative estimate of drug-likeness (QED) is 0.892. The van der Waals surface area contributed by atoms with E-state index in [1.165, 1.54) is 29.5 Å². The molecule has 2 heteroatoms. The summed E-state index contributed by atoms with van der Waals surface area (Å²) in [6.07, 6.45) is 4.59. The van der Waals surface area contributed by atoms with Gasteiger partial charge in [0.2, 0.25) is 0 Å². The lowest BCUT2D eigenvalue weighted by atomic mass is 9.89. The number of hydrogen-bond acceptors (Lipinski definition) is 2. The van der Waals surface area contributed by atoms with Crippen LogP contribution in [-0.2, 0) is 6.42 Å². The van der Waals surface area contributed by atoms with Crippen molar-refractivity contribution in [1.29, 1.82) is 0 Å². The van der Waals surface area contributed by atoms with Gasteiger partial charge in [-0.3, -0.25) is 0 Å². The van der Waals surface area contributed by atoms with Crippen LogP contribution in [0, 0.1) is 0 Å². The van der Waals surface area contributed by atoms with E-state index in [2.05, 4.69) is 43.3 Å². The van der Waals surface area contributed by atoms with Crippen molar-refractivity contribution < 1.29 is 4.74 Å². The van der Waals surface area contributed by atoms with Gasteiger partial charge in [0.05, 0.1) is 0 Å². The molecule has 0 heterocycles. The van der Waals surface area contributed by atoms with Gasteiger partial charge in [-0.15, -0.1) is 0 Å². The minimum absolute atomic E-state index is 0.120. The van der Waals surface area contributed by atoms with Gasteiger partial charge in [0.1, 0.15) is 11.9 Å². The fourth-order valence-corrected chi connectivity index (χ4v) is 3.03. The van der Waals surface area contributed by atoms with Gasteiger partial charge in [0.25, 0.3) is 0 Å². The first-order chi connectivity index (χ1) is 10.3. The molecule has 2 aromatic carbocycles. The minimum Gasteiger partial charge on any atom is -0.486 e. The molecule has 0 spiro atoms. The predicted molar refractivity (Wildman–Crippen MR) is 86.4 cm³/mol. The van der Waals surface area contributed by atoms with E-state index in [1.807, 2.05) is 12.1 Å². The third kappa shape index (κ3) is 3.11. The molecular weight excluding hydrogens is 258 g/mol. The lowest BCUT2D eigenvalue weighted by Gasteiger charge is -2.26. The van der Waals surface area contributed by atoms with E-state index in [1.54, 1.807) is 0 Å². The van der Waals surface area contributed by atoms with Crippen molar-refractivity contribution in [3.05, 3.63) is 65.2 Å². The monoisotopic (exact) mass is 281 g/mol. The number of ether oxygens (including phenoxy) is 1. The number of fused-ring (bicyclic) bond motifs is 1. The van der Waals surface area contributed by atoms with E-state index in [0.29, 0.717) is 0 Å². The van der Waals surface area contributed by atoms with Crippen molar-refractivity contribution in [2.75, 3.05) is 0 Å². The molecule has 2 unspecified atom stereocenters. The van der Waals surface area contributed by atoms with Crippen LogP contribution in [-0.4, -0.2) is 0 Å². The molecule has 21 heavy (non-hydrogen) atoms. The first-order valence-corrected chi connectivity index (χ1v) is 7.88. The summed E-state index contributed by atoms with van der Waals surface area (Å²) >= 11 is 0. The number of aryl methyl sites for hydroxylation is 1. The van der Waals surface area contributed by atoms with Crippen molar-refractivity contribution in [1.82, 2.24) is 0 Å². The first kappa shape index (κ1) is 14.2. The van der Waals surface area contributed by atoms with Crippen LogP contribution in [0.25, 0.3) is 0 Å². The zero-order valence-electron chi connectivity index (χ0n) is 12.6. The Morgan fingerprint density at radius 3 is 2.67 bits per heavy atom. The van der Waals surface area contributed by atoms with Gasteiger partial charge < -0.3 is 10.5 Å². The second kappa shape index (κ2) is 6.31. The standard InChI is InChI=1S/C19H23NO/c1-2-18(20)15-10-12-16(13-11-15)21-19-9-5-7-14-6-3-4-8-17(14)19/h3-4,6,8,10-13,18-19H,2,5,7,9,20H2,1H3. The van der Waals surface area contributed by atoms with Crippen molar-refractivity contribution in [3.63, 3.8) is 0 Å². The minimum atomic E-state index is 0.120. The lowest BCUT2D eigenvalue weighted by molar-refractivity contribution is 0.183. The largest absolute Gasteiger partial charge is 0.486 e. The van der Waals surface area contributed by atoms with Gasteiger partial charge in [0.15, 0.2) is 0 Å². The van der Waals surface area contributed by atoms with Crippen molar-refractivity contribution >= 4 is 0 Å². The molecule has 0 amide bonds. The highest BCUT2D eigenvalue weighted by atomic mass is 16.5. The molecule has 0 aromatic heterocycles. The fraction of sp³-hybridized carbons (Fsp3) is 0.368. The Kier molecular flexibility index (Phi) is 4.26. The van der Waals surface area contributed by atoms with Crippen molar-refractivity contribution in [3.8, 4) is 5.75 Å². The van der Waals surface area contributed by atoms with Gasteiger partial charge in [-0.25, -0.2) is 0 Å². The highest BCUT2D eigenvalue weighted by Crippen LogP contribution is 2.33. The molecule has 0 saturated carbocycles. The average Bonchev–Trinajstić information content (AvgIpc) is 2.55. The maximum atomic E-state index is 6.21. The second-order valence-electron chi connectivity index (χ2n) is 5.78. The molecule has 0 fully saturated rings. The molecule has 2 atom stereocenters. The van der Waals surface area contributed by atoms with E-state index in [0.717, 1.165) is 18.6 Å². The van der Waals surface area contributed by atoms with E-state index in [9.17, 15) is 0 Å². The molecule has 1 aliphatic rings. The molecule has 110 valence electrons. The second-order valence-corrected chi connectivity index (χ2v) is 5.78. The van der Waals surface area contributed by atoms with E-state index < -0.39 is 0 Å². The Balaban J connectivity index is 1.76. The molecule has 2 N–H and O–H groups in total. The number of benzene rings is 2. The zero-order valence-corrected chi connectivity index (χ0v) is 12.6. The van der Waals surface area contributed by atoms with Crippen LogP contribution in [0.4, 0.5) is 0 Å². The lowest BCUT2D eigenvalue weighted by Crippen LogP contribution is -2.15. The van der Waals surface area contributed by atoms with Crippen LogP contribution >= 0.6 is 0 Å². The topological polar surface area (TPSA) is 35.2 Å². The number of rotatable bonds is 4. The van der Waals surface area contributed by atoms with Crippen LogP contribution in [0.15, 0.2) is 48.5 Å². The maximum absolute atomic E-state index is 6.21. The highest BCUT2D eigenvalue weighted by molar-refractivity contribution is 5.34. The van der Waals surface area contributed by atoms with E-state index >= 15 is 0 Å².